The molecule has 5 rings (SSSR count). The lowest BCUT2D eigenvalue weighted by Crippen LogP contribution is -2.31. The van der Waals surface area contributed by atoms with Crippen molar-refractivity contribution >= 4 is 17.5 Å². The van der Waals surface area contributed by atoms with Crippen LogP contribution in [0.25, 0.3) is 5.69 Å². The summed E-state index contributed by atoms with van der Waals surface area (Å²) in [4.78, 5) is 7.57. The number of aromatic nitrogens is 3. The van der Waals surface area contributed by atoms with Crippen LogP contribution in [0.1, 0.15) is 74.4 Å². The van der Waals surface area contributed by atoms with Crippen LogP contribution in [0.15, 0.2) is 42.5 Å². The fraction of sp³-hybridized carbons (Fsp3) is 0.481. The second-order valence-corrected chi connectivity index (χ2v) is 9.94. The van der Waals surface area contributed by atoms with Gasteiger partial charge in [0.1, 0.15) is 11.6 Å². The molecule has 0 N–H and O–H groups in total. The second kappa shape index (κ2) is 9.38. The van der Waals surface area contributed by atoms with Crippen LogP contribution in [0.4, 0.5) is 5.95 Å². The van der Waals surface area contributed by atoms with E-state index in [9.17, 15) is 0 Å². The Bertz CT molecular complexity index is 1100. The molecule has 0 saturated heterocycles. The Morgan fingerprint density at radius 3 is 2.55 bits per heavy atom. The van der Waals surface area contributed by atoms with E-state index in [1.54, 1.807) is 7.11 Å². The van der Waals surface area contributed by atoms with Crippen molar-refractivity contribution in [3.8, 4) is 11.4 Å². The van der Waals surface area contributed by atoms with Crippen molar-refractivity contribution in [1.29, 1.82) is 0 Å². The van der Waals surface area contributed by atoms with Crippen molar-refractivity contribution in [2.45, 2.75) is 64.3 Å². The molecule has 1 heterocycles. The molecule has 1 atom stereocenters. The molecule has 0 spiro atoms. The number of nitrogens with zero attached hydrogens (tertiary/aromatic N) is 4. The molecule has 3 aromatic rings. The SMILES string of the molecule is CCCN(c1nc(C2CC2)n(-c2cc(C)c(OC)cc2Cl)n1)C(CC1CC1)c1ccccc1. The number of halogens is 1. The topological polar surface area (TPSA) is 43.2 Å². The zero-order chi connectivity index (χ0) is 22.9. The van der Waals surface area contributed by atoms with E-state index in [4.69, 9.17) is 26.4 Å². The maximum absolute atomic E-state index is 6.72. The number of methoxy groups -OCH3 is 1. The van der Waals surface area contributed by atoms with Gasteiger partial charge in [-0.15, -0.1) is 5.10 Å². The highest BCUT2D eigenvalue weighted by Crippen LogP contribution is 2.44. The highest BCUT2D eigenvalue weighted by atomic mass is 35.5. The van der Waals surface area contributed by atoms with Gasteiger partial charge in [-0.25, -0.2) is 4.68 Å². The van der Waals surface area contributed by atoms with Crippen LogP contribution in [-0.2, 0) is 0 Å². The average molecular weight is 465 g/mol. The van der Waals surface area contributed by atoms with Gasteiger partial charge in [-0.3, -0.25) is 0 Å². The van der Waals surface area contributed by atoms with Crippen molar-refractivity contribution in [2.75, 3.05) is 18.6 Å². The van der Waals surface area contributed by atoms with Gasteiger partial charge in [0.15, 0.2) is 0 Å². The van der Waals surface area contributed by atoms with Gasteiger partial charge in [-0.2, -0.15) is 4.98 Å². The van der Waals surface area contributed by atoms with E-state index < -0.39 is 0 Å². The maximum Gasteiger partial charge on any atom is 0.245 e. The van der Waals surface area contributed by atoms with Gasteiger partial charge >= 0.3 is 0 Å². The van der Waals surface area contributed by atoms with Gasteiger partial charge in [0.05, 0.1) is 23.9 Å². The van der Waals surface area contributed by atoms with Crippen LogP contribution in [0.3, 0.4) is 0 Å². The van der Waals surface area contributed by atoms with Gasteiger partial charge in [0, 0.05) is 18.5 Å². The molecule has 2 aliphatic carbocycles. The normalized spacial score (nSPS) is 16.6. The summed E-state index contributed by atoms with van der Waals surface area (Å²) in [5.74, 6) is 3.89. The fourth-order valence-electron chi connectivity index (χ4n) is 4.67. The highest BCUT2D eigenvalue weighted by molar-refractivity contribution is 6.32. The van der Waals surface area contributed by atoms with Gasteiger partial charge < -0.3 is 9.64 Å². The van der Waals surface area contributed by atoms with Gasteiger partial charge in [0.2, 0.25) is 5.95 Å². The summed E-state index contributed by atoms with van der Waals surface area (Å²) in [5.41, 5.74) is 3.27. The van der Waals surface area contributed by atoms with Crippen molar-refractivity contribution in [3.63, 3.8) is 0 Å². The van der Waals surface area contributed by atoms with Crippen molar-refractivity contribution in [2.24, 2.45) is 5.92 Å². The predicted octanol–water partition coefficient (Wildman–Crippen LogP) is 6.87. The van der Waals surface area contributed by atoms with E-state index in [1.807, 2.05) is 17.7 Å². The number of rotatable bonds is 10. The lowest BCUT2D eigenvalue weighted by Gasteiger charge is -2.31. The molecular weight excluding hydrogens is 432 g/mol. The quantitative estimate of drug-likeness (QED) is 0.328. The Kier molecular flexibility index (Phi) is 6.33. The first kappa shape index (κ1) is 22.3. The summed E-state index contributed by atoms with van der Waals surface area (Å²) >= 11 is 6.72. The van der Waals surface area contributed by atoms with E-state index in [2.05, 4.69) is 48.2 Å². The Balaban J connectivity index is 1.58. The van der Waals surface area contributed by atoms with E-state index in [0.29, 0.717) is 10.9 Å². The predicted molar refractivity (Wildman–Crippen MR) is 134 cm³/mol. The van der Waals surface area contributed by atoms with E-state index in [0.717, 1.165) is 66.9 Å². The molecule has 2 saturated carbocycles. The van der Waals surface area contributed by atoms with Crippen LogP contribution in [0.5, 0.6) is 5.75 Å². The summed E-state index contributed by atoms with van der Waals surface area (Å²) in [6, 6.07) is 15.1. The summed E-state index contributed by atoms with van der Waals surface area (Å²) in [5, 5.41) is 5.73. The maximum atomic E-state index is 6.72. The Morgan fingerprint density at radius 2 is 1.91 bits per heavy atom. The molecule has 0 radical (unpaired) electrons. The third-order valence-corrected chi connectivity index (χ3v) is 7.09. The standard InChI is InChI=1S/C27H33ClN4O/c1-4-14-31(23(16-19-10-11-19)20-8-6-5-7-9-20)27-29-26(21-12-13-21)32(30-27)24-15-18(2)25(33-3)17-22(24)28/h5-9,15,17,19,21,23H,4,10-14,16H2,1-3H3. The summed E-state index contributed by atoms with van der Waals surface area (Å²) < 4.78 is 7.46. The van der Waals surface area contributed by atoms with Crippen molar-refractivity contribution in [1.82, 2.24) is 14.8 Å². The molecule has 0 bridgehead atoms. The molecule has 6 heteroatoms. The third-order valence-electron chi connectivity index (χ3n) is 6.79. The smallest absolute Gasteiger partial charge is 0.245 e. The molecule has 0 aliphatic heterocycles. The molecule has 2 fully saturated rings. The number of aryl methyl sites for hydroxylation is 1. The van der Waals surface area contributed by atoms with Gasteiger partial charge in [-0.1, -0.05) is 61.7 Å². The number of anilines is 1. The molecule has 1 unspecified atom stereocenters. The Labute approximate surface area is 201 Å². The van der Waals surface area contributed by atoms with Crippen LogP contribution in [-0.4, -0.2) is 28.4 Å². The highest BCUT2D eigenvalue weighted by Gasteiger charge is 2.35. The van der Waals surface area contributed by atoms with Crippen molar-refractivity contribution < 1.29 is 4.74 Å². The summed E-state index contributed by atoms with van der Waals surface area (Å²) in [6.07, 6.45) is 7.17. The molecule has 5 nitrogen and oxygen atoms in total. The fourth-order valence-corrected chi connectivity index (χ4v) is 4.91. The van der Waals surface area contributed by atoms with E-state index >= 15 is 0 Å². The number of benzene rings is 2. The molecular formula is C27H33ClN4O. The van der Waals surface area contributed by atoms with Crippen LogP contribution >= 0.6 is 11.6 Å². The zero-order valence-corrected chi connectivity index (χ0v) is 20.6. The zero-order valence-electron chi connectivity index (χ0n) is 19.8. The Hall–Kier alpha value is -2.53. The summed E-state index contributed by atoms with van der Waals surface area (Å²) in [6.45, 7) is 5.20. The Morgan fingerprint density at radius 1 is 1.15 bits per heavy atom. The third kappa shape index (κ3) is 4.74. The number of ether oxygens (including phenoxy) is 1. The average Bonchev–Trinajstić information content (AvgIpc) is 3.77. The molecule has 1 aromatic heterocycles. The summed E-state index contributed by atoms with van der Waals surface area (Å²) in [7, 11) is 1.67. The second-order valence-electron chi connectivity index (χ2n) is 9.53. The van der Waals surface area contributed by atoms with E-state index in [1.165, 1.54) is 18.4 Å². The lowest BCUT2D eigenvalue weighted by molar-refractivity contribution is 0.411. The first-order valence-corrected chi connectivity index (χ1v) is 12.6. The van der Waals surface area contributed by atoms with Crippen LogP contribution in [0, 0.1) is 12.8 Å². The molecule has 2 aliphatic rings. The number of hydrogen-bond acceptors (Lipinski definition) is 4. The van der Waals surface area contributed by atoms with E-state index in [-0.39, 0.29) is 6.04 Å². The molecule has 33 heavy (non-hydrogen) atoms. The minimum absolute atomic E-state index is 0.287. The largest absolute Gasteiger partial charge is 0.496 e. The lowest BCUT2D eigenvalue weighted by atomic mass is 9.99. The monoisotopic (exact) mass is 464 g/mol. The minimum atomic E-state index is 0.287. The van der Waals surface area contributed by atoms with Gasteiger partial charge in [-0.05, 0) is 55.7 Å². The van der Waals surface area contributed by atoms with Gasteiger partial charge in [0.25, 0.3) is 0 Å². The van der Waals surface area contributed by atoms with Crippen LogP contribution in [0.2, 0.25) is 5.02 Å². The first-order valence-electron chi connectivity index (χ1n) is 12.2. The molecule has 0 amide bonds. The minimum Gasteiger partial charge on any atom is -0.496 e. The first-order chi connectivity index (χ1) is 16.1. The number of hydrogen-bond donors (Lipinski definition) is 0. The molecule has 174 valence electrons. The molecule has 2 aromatic carbocycles. The van der Waals surface area contributed by atoms with Crippen molar-refractivity contribution in [3.05, 3.63) is 64.4 Å². The van der Waals surface area contributed by atoms with Crippen LogP contribution < -0.4 is 9.64 Å².